The minimum absolute atomic E-state index is 0.0354. The molecule has 3 aromatic rings. The highest BCUT2D eigenvalue weighted by molar-refractivity contribution is 7.80. The highest BCUT2D eigenvalue weighted by atomic mass is 32.3. The number of aliphatic carboxylic acids is 1. The Balaban J connectivity index is 1.43. The number of ketones is 1. The number of carboxylic acid groups (broad SMARTS) is 1. The molecule has 0 spiro atoms. The third-order valence-corrected chi connectivity index (χ3v) is 8.05. The van der Waals surface area contributed by atoms with Crippen LogP contribution in [0, 0.1) is 5.92 Å². The number of hydroxylamine groups is 2. The normalized spacial score (nSPS) is 16.7. The molecule has 0 radical (unpaired) electrons. The maximum Gasteiger partial charge on any atom is 0.351 e. The SMILES string of the molecule is CC1(C)[C@H](CC(=O)/C(=N\OC(COc2ccc(-c3ccnc(NCCCN)c3)cc2)C(=O)O)c2csc(N)n2)C(=O)N1OS(=O)(=O)[O-]. The Morgan fingerprint density at radius 1 is 1.23 bits per heavy atom. The number of carbonyl (C=O) groups is 3. The summed E-state index contributed by atoms with van der Waals surface area (Å²) in [6.07, 6.45) is 0.293. The Kier molecular flexibility index (Phi) is 11.1. The minimum Gasteiger partial charge on any atom is -0.724 e. The average Bonchev–Trinajstić information content (AvgIpc) is 3.45. The quantitative estimate of drug-likeness (QED) is 0.0389. The number of β-lactam (4-membered cyclic amide) rings is 1. The highest BCUT2D eigenvalue weighted by Gasteiger charge is 2.57. The maximum absolute atomic E-state index is 13.3. The van der Waals surface area contributed by atoms with E-state index in [-0.39, 0.29) is 10.8 Å². The predicted molar refractivity (Wildman–Crippen MR) is 168 cm³/mol. The van der Waals surface area contributed by atoms with Crippen molar-refractivity contribution in [1.29, 1.82) is 0 Å². The van der Waals surface area contributed by atoms with Gasteiger partial charge in [-0.3, -0.25) is 9.59 Å². The second kappa shape index (κ2) is 14.8. The van der Waals surface area contributed by atoms with Crippen LogP contribution in [0.3, 0.4) is 0 Å². The lowest BCUT2D eigenvalue weighted by Gasteiger charge is -2.51. The fourth-order valence-electron chi connectivity index (χ4n) is 4.49. The molecule has 19 heteroatoms. The van der Waals surface area contributed by atoms with Crippen molar-refractivity contribution in [3.05, 3.63) is 53.7 Å². The number of aromatic nitrogens is 2. The fraction of sp³-hybridized carbons (Fsp3) is 0.357. The molecule has 2 aromatic heterocycles. The third kappa shape index (κ3) is 8.98. The van der Waals surface area contributed by atoms with E-state index in [1.54, 1.807) is 30.5 Å². The van der Waals surface area contributed by atoms with Crippen LogP contribution < -0.4 is 21.5 Å². The number of nitrogen functional groups attached to an aromatic ring is 1. The molecule has 1 saturated heterocycles. The monoisotopic (exact) mass is 690 g/mol. The first-order valence-electron chi connectivity index (χ1n) is 14.0. The summed E-state index contributed by atoms with van der Waals surface area (Å²) in [6, 6.07) is 10.6. The summed E-state index contributed by atoms with van der Waals surface area (Å²) in [4.78, 5) is 51.3. The summed E-state index contributed by atoms with van der Waals surface area (Å²) in [7, 11) is -5.24. The summed E-state index contributed by atoms with van der Waals surface area (Å²) < 4.78 is 42.8. The van der Waals surface area contributed by atoms with Gasteiger partial charge in [0, 0.05) is 24.5 Å². The van der Waals surface area contributed by atoms with E-state index < -0.39 is 64.4 Å². The van der Waals surface area contributed by atoms with E-state index in [1.807, 2.05) is 12.1 Å². The van der Waals surface area contributed by atoms with E-state index in [1.165, 1.54) is 19.2 Å². The van der Waals surface area contributed by atoms with Gasteiger partial charge in [-0.2, -0.15) is 9.35 Å². The van der Waals surface area contributed by atoms with Gasteiger partial charge in [-0.25, -0.2) is 23.2 Å². The van der Waals surface area contributed by atoms with Crippen molar-refractivity contribution in [2.24, 2.45) is 16.8 Å². The smallest absolute Gasteiger partial charge is 0.351 e. The second-order valence-electron chi connectivity index (χ2n) is 10.7. The summed E-state index contributed by atoms with van der Waals surface area (Å²) in [5.41, 5.74) is 11.2. The van der Waals surface area contributed by atoms with E-state index >= 15 is 0 Å². The summed E-state index contributed by atoms with van der Waals surface area (Å²) in [5, 5.41) is 18.5. The molecule has 1 fully saturated rings. The van der Waals surface area contributed by atoms with Gasteiger partial charge in [-0.05, 0) is 62.2 Å². The Labute approximate surface area is 273 Å². The van der Waals surface area contributed by atoms with Crippen LogP contribution >= 0.6 is 11.3 Å². The number of rotatable bonds is 17. The topological polar surface area (TPSA) is 262 Å². The van der Waals surface area contributed by atoms with Crippen molar-refractivity contribution in [2.45, 2.75) is 38.3 Å². The number of carboxylic acids is 1. The van der Waals surface area contributed by atoms with Crippen molar-refractivity contribution in [1.82, 2.24) is 15.0 Å². The third-order valence-electron chi connectivity index (χ3n) is 7.04. The minimum atomic E-state index is -5.24. The number of nitrogens with one attached hydrogen (secondary N) is 1. The standard InChI is InChI=1S/C28H33N7O10S2/c1-28(2)19(25(37)35(28)45-47(40,41)42)13-21(36)24(20-15-46-27(30)33-20)34-44-22(26(38)39)14-43-18-6-4-16(5-7-18)17-8-11-32-23(12-17)31-10-3-9-29/h4-8,11-12,15,19,22H,3,9-10,13-14,29H2,1-2H3,(H2,30,33)(H,31,32)(H,38,39)(H,40,41,42)/p-1/b34-24-/t19-,22?/m1/s1. The molecule has 0 aliphatic carbocycles. The van der Waals surface area contributed by atoms with E-state index in [0.29, 0.717) is 29.7 Å². The second-order valence-corrected chi connectivity index (χ2v) is 12.6. The number of hydrogen-bond donors (Lipinski definition) is 4. The van der Waals surface area contributed by atoms with Gasteiger partial charge in [0.15, 0.2) is 16.6 Å². The van der Waals surface area contributed by atoms with E-state index in [4.69, 9.17) is 21.0 Å². The van der Waals surface area contributed by atoms with Crippen molar-refractivity contribution >= 4 is 56.1 Å². The van der Waals surface area contributed by atoms with E-state index in [9.17, 15) is 32.5 Å². The Morgan fingerprint density at radius 2 is 1.96 bits per heavy atom. The van der Waals surface area contributed by atoms with Gasteiger partial charge >= 0.3 is 5.97 Å². The summed E-state index contributed by atoms with van der Waals surface area (Å²) in [6.45, 7) is 3.55. The number of oxime groups is 1. The molecule has 1 aliphatic heterocycles. The van der Waals surface area contributed by atoms with Crippen LogP contribution in [0.2, 0.25) is 0 Å². The first-order chi connectivity index (χ1) is 22.2. The van der Waals surface area contributed by atoms with Crippen LogP contribution in [0.1, 0.15) is 32.4 Å². The highest BCUT2D eigenvalue weighted by Crippen LogP contribution is 2.40. The number of amides is 1. The molecule has 2 atom stereocenters. The molecular weight excluding hydrogens is 658 g/mol. The predicted octanol–water partition coefficient (Wildman–Crippen LogP) is 1.39. The van der Waals surface area contributed by atoms with Crippen LogP contribution in [-0.2, 0) is 33.9 Å². The van der Waals surface area contributed by atoms with Crippen LogP contribution in [0.4, 0.5) is 10.9 Å². The molecule has 3 heterocycles. The van der Waals surface area contributed by atoms with Crippen LogP contribution in [-0.4, -0.2) is 87.8 Å². The Morgan fingerprint density at radius 3 is 2.55 bits per heavy atom. The molecule has 0 saturated carbocycles. The molecule has 1 amide bonds. The van der Waals surface area contributed by atoms with E-state index in [2.05, 4.69) is 24.7 Å². The van der Waals surface area contributed by atoms with Gasteiger partial charge in [0.25, 0.3) is 12.0 Å². The number of anilines is 2. The lowest BCUT2D eigenvalue weighted by atomic mass is 9.74. The molecule has 17 nitrogen and oxygen atoms in total. The zero-order chi connectivity index (χ0) is 34.4. The molecular formula is C28H32N7O10S2-. The van der Waals surface area contributed by atoms with Crippen molar-refractivity contribution in [2.75, 3.05) is 30.7 Å². The van der Waals surface area contributed by atoms with Gasteiger partial charge < -0.3 is 36.0 Å². The number of thiazole rings is 1. The van der Waals surface area contributed by atoms with Crippen LogP contribution in [0.5, 0.6) is 5.75 Å². The molecule has 1 aliphatic rings. The zero-order valence-corrected chi connectivity index (χ0v) is 26.8. The lowest BCUT2D eigenvalue weighted by molar-refractivity contribution is -0.228. The van der Waals surface area contributed by atoms with Gasteiger partial charge in [0.2, 0.25) is 10.4 Å². The Bertz CT molecular complexity index is 1750. The molecule has 0 bridgehead atoms. The van der Waals surface area contributed by atoms with Crippen LogP contribution in [0.25, 0.3) is 11.1 Å². The van der Waals surface area contributed by atoms with Gasteiger partial charge in [0.05, 0.1) is 11.5 Å². The molecule has 6 N–H and O–H groups in total. The molecule has 252 valence electrons. The number of ether oxygens (including phenoxy) is 1. The van der Waals surface area contributed by atoms with Crippen LogP contribution in [0.15, 0.2) is 53.1 Å². The zero-order valence-electron chi connectivity index (χ0n) is 25.2. The number of carbonyl (C=O) groups excluding carboxylic acids is 2. The maximum atomic E-state index is 13.3. The first-order valence-corrected chi connectivity index (χ1v) is 16.2. The van der Waals surface area contributed by atoms with E-state index in [0.717, 1.165) is 28.9 Å². The number of nitrogens with two attached hydrogens (primary N) is 2. The average molecular weight is 691 g/mol. The summed E-state index contributed by atoms with van der Waals surface area (Å²) in [5.74, 6) is -3.23. The van der Waals surface area contributed by atoms with Gasteiger partial charge in [-0.1, -0.05) is 17.3 Å². The number of nitrogens with zero attached hydrogens (tertiary/aromatic N) is 4. The molecule has 4 rings (SSSR count). The van der Waals surface area contributed by atoms with Gasteiger partial charge in [-0.15, -0.1) is 11.3 Å². The Hall–Kier alpha value is -4.69. The largest absolute Gasteiger partial charge is 0.724 e. The first kappa shape index (κ1) is 35.2. The van der Waals surface area contributed by atoms with Crippen molar-refractivity contribution < 1.29 is 46.3 Å². The summed E-state index contributed by atoms with van der Waals surface area (Å²) >= 11 is 0.977. The number of Topliss-reactive ketones (excluding diaryl/α,β-unsaturated/α-hetero) is 1. The number of hydrogen-bond acceptors (Lipinski definition) is 16. The molecule has 1 unspecified atom stereocenters. The number of pyridine rings is 1. The van der Waals surface area contributed by atoms with Gasteiger partial charge in [0.1, 0.15) is 23.9 Å². The molecule has 47 heavy (non-hydrogen) atoms. The van der Waals surface area contributed by atoms with Crippen molar-refractivity contribution in [3.8, 4) is 16.9 Å². The van der Waals surface area contributed by atoms with Crippen molar-refractivity contribution in [3.63, 3.8) is 0 Å². The number of benzene rings is 1. The lowest BCUT2D eigenvalue weighted by Crippen LogP contribution is -2.68. The fourth-order valence-corrected chi connectivity index (χ4v) is 5.48. The molecule has 1 aromatic carbocycles.